The van der Waals surface area contributed by atoms with Crippen molar-refractivity contribution in [2.24, 2.45) is 0 Å². The number of hydrogen-bond donors (Lipinski definition) is 1. The van der Waals surface area contributed by atoms with Gasteiger partial charge in [0.05, 0.1) is 5.56 Å². The standard InChI is InChI=1S/C20H21FN2O3/c1-14-11-17(23-9-2-3-10-23)7-8-18(14)22-19(24)13-26-20(25)15-5-4-6-16(21)12-15/h4-8,11-12H,2-3,9-10,13H2,1H3,(H,22,24). The molecule has 136 valence electrons. The molecule has 6 heteroatoms. The first-order chi connectivity index (χ1) is 12.5. The van der Waals surface area contributed by atoms with Gasteiger partial charge in [-0.1, -0.05) is 6.07 Å². The third-order valence-electron chi connectivity index (χ3n) is 4.35. The third kappa shape index (κ3) is 4.39. The predicted octanol–water partition coefficient (Wildman–Crippen LogP) is 3.53. The van der Waals surface area contributed by atoms with Crippen molar-refractivity contribution in [1.82, 2.24) is 0 Å². The molecule has 2 aromatic rings. The van der Waals surface area contributed by atoms with Gasteiger partial charge in [0.15, 0.2) is 6.61 Å². The molecular weight excluding hydrogens is 335 g/mol. The molecule has 0 aliphatic carbocycles. The van der Waals surface area contributed by atoms with Crippen molar-refractivity contribution in [3.63, 3.8) is 0 Å². The van der Waals surface area contributed by atoms with E-state index in [1.807, 2.05) is 25.1 Å². The molecule has 0 atom stereocenters. The van der Waals surface area contributed by atoms with E-state index in [0.717, 1.165) is 30.4 Å². The molecule has 0 spiro atoms. The molecule has 2 aromatic carbocycles. The number of carbonyl (C=O) groups is 2. The maximum atomic E-state index is 13.1. The fourth-order valence-electron chi connectivity index (χ4n) is 2.98. The number of benzene rings is 2. The number of hydrogen-bond acceptors (Lipinski definition) is 4. The molecule has 0 unspecified atom stereocenters. The molecule has 1 aliphatic rings. The van der Waals surface area contributed by atoms with Crippen molar-refractivity contribution in [2.75, 3.05) is 29.9 Å². The average Bonchev–Trinajstić information content (AvgIpc) is 3.16. The Morgan fingerprint density at radius 1 is 1.15 bits per heavy atom. The van der Waals surface area contributed by atoms with Gasteiger partial charge in [-0.3, -0.25) is 4.79 Å². The number of ether oxygens (including phenoxy) is 1. The molecule has 1 fully saturated rings. The summed E-state index contributed by atoms with van der Waals surface area (Å²) in [6.07, 6.45) is 2.41. The van der Waals surface area contributed by atoms with E-state index in [1.54, 1.807) is 0 Å². The Kier molecular flexibility index (Phi) is 5.51. The largest absolute Gasteiger partial charge is 0.452 e. The molecule has 1 N–H and O–H groups in total. The summed E-state index contributed by atoms with van der Waals surface area (Å²) in [4.78, 5) is 26.2. The van der Waals surface area contributed by atoms with Gasteiger partial charge < -0.3 is 15.0 Å². The molecule has 0 aromatic heterocycles. The zero-order valence-electron chi connectivity index (χ0n) is 14.6. The van der Waals surface area contributed by atoms with Crippen molar-refractivity contribution < 1.29 is 18.7 Å². The highest BCUT2D eigenvalue weighted by Crippen LogP contribution is 2.25. The lowest BCUT2D eigenvalue weighted by atomic mass is 10.1. The van der Waals surface area contributed by atoms with Crippen molar-refractivity contribution in [3.8, 4) is 0 Å². The van der Waals surface area contributed by atoms with Crippen molar-refractivity contribution >= 4 is 23.3 Å². The number of halogens is 1. The van der Waals surface area contributed by atoms with Gasteiger partial charge in [-0.05, 0) is 61.7 Å². The minimum Gasteiger partial charge on any atom is -0.452 e. The minimum atomic E-state index is -0.735. The molecule has 0 saturated carbocycles. The van der Waals surface area contributed by atoms with Crippen LogP contribution in [0, 0.1) is 12.7 Å². The highest BCUT2D eigenvalue weighted by molar-refractivity contribution is 5.96. The second-order valence-corrected chi connectivity index (χ2v) is 6.33. The van der Waals surface area contributed by atoms with Crippen LogP contribution < -0.4 is 10.2 Å². The highest BCUT2D eigenvalue weighted by atomic mass is 19.1. The SMILES string of the molecule is Cc1cc(N2CCCC2)ccc1NC(=O)COC(=O)c1cccc(F)c1. The Morgan fingerprint density at radius 3 is 2.62 bits per heavy atom. The summed E-state index contributed by atoms with van der Waals surface area (Å²) >= 11 is 0. The van der Waals surface area contributed by atoms with Crippen LogP contribution in [-0.2, 0) is 9.53 Å². The van der Waals surface area contributed by atoms with Crippen molar-refractivity contribution in [1.29, 1.82) is 0 Å². The Hall–Kier alpha value is -2.89. The lowest BCUT2D eigenvalue weighted by Gasteiger charge is -2.19. The van der Waals surface area contributed by atoms with Crippen LogP contribution in [0.2, 0.25) is 0 Å². The second kappa shape index (κ2) is 7.99. The van der Waals surface area contributed by atoms with Gasteiger partial charge in [-0.2, -0.15) is 0 Å². The summed E-state index contributed by atoms with van der Waals surface area (Å²) in [5.41, 5.74) is 2.85. The van der Waals surface area contributed by atoms with Crippen LogP contribution in [0.25, 0.3) is 0 Å². The number of amides is 1. The zero-order chi connectivity index (χ0) is 18.5. The molecule has 1 aliphatic heterocycles. The molecule has 26 heavy (non-hydrogen) atoms. The molecule has 5 nitrogen and oxygen atoms in total. The molecule has 3 rings (SSSR count). The second-order valence-electron chi connectivity index (χ2n) is 6.33. The van der Waals surface area contributed by atoms with Gasteiger partial charge in [-0.25, -0.2) is 9.18 Å². The van der Waals surface area contributed by atoms with Crippen LogP contribution in [0.4, 0.5) is 15.8 Å². The molecular formula is C20H21FN2O3. The number of aryl methyl sites for hydroxylation is 1. The van der Waals surface area contributed by atoms with E-state index in [0.29, 0.717) is 5.69 Å². The third-order valence-corrected chi connectivity index (χ3v) is 4.35. The molecule has 1 amide bonds. The summed E-state index contributed by atoms with van der Waals surface area (Å²) in [6, 6.07) is 11.0. The topological polar surface area (TPSA) is 58.6 Å². The van der Waals surface area contributed by atoms with Crippen LogP contribution in [0.15, 0.2) is 42.5 Å². The zero-order valence-corrected chi connectivity index (χ0v) is 14.6. The Labute approximate surface area is 151 Å². The van der Waals surface area contributed by atoms with Gasteiger partial charge in [-0.15, -0.1) is 0 Å². The first-order valence-electron chi connectivity index (χ1n) is 8.61. The summed E-state index contributed by atoms with van der Waals surface area (Å²) in [6.45, 7) is 3.61. The summed E-state index contributed by atoms with van der Waals surface area (Å²) < 4.78 is 18.0. The smallest absolute Gasteiger partial charge is 0.338 e. The fourth-order valence-corrected chi connectivity index (χ4v) is 2.98. The van der Waals surface area contributed by atoms with Crippen LogP contribution in [0.3, 0.4) is 0 Å². The minimum absolute atomic E-state index is 0.0731. The first kappa shape index (κ1) is 17.9. The Balaban J connectivity index is 1.55. The normalized spacial score (nSPS) is 13.5. The summed E-state index contributed by atoms with van der Waals surface area (Å²) in [5, 5.41) is 2.74. The van der Waals surface area contributed by atoms with Crippen LogP contribution in [-0.4, -0.2) is 31.6 Å². The van der Waals surface area contributed by atoms with E-state index in [1.165, 1.54) is 31.0 Å². The average molecular weight is 356 g/mol. The van der Waals surface area contributed by atoms with E-state index in [2.05, 4.69) is 10.2 Å². The van der Waals surface area contributed by atoms with E-state index in [-0.39, 0.29) is 5.56 Å². The number of nitrogens with one attached hydrogen (secondary N) is 1. The molecule has 0 radical (unpaired) electrons. The van der Waals surface area contributed by atoms with Crippen molar-refractivity contribution in [2.45, 2.75) is 19.8 Å². The number of carbonyl (C=O) groups excluding carboxylic acids is 2. The first-order valence-corrected chi connectivity index (χ1v) is 8.61. The quantitative estimate of drug-likeness (QED) is 0.833. The summed E-state index contributed by atoms with van der Waals surface area (Å²) in [7, 11) is 0. The maximum absolute atomic E-state index is 13.1. The van der Waals surface area contributed by atoms with E-state index in [4.69, 9.17) is 4.74 Å². The lowest BCUT2D eigenvalue weighted by molar-refractivity contribution is -0.119. The number of rotatable bonds is 5. The predicted molar refractivity (Wildman–Crippen MR) is 97.9 cm³/mol. The van der Waals surface area contributed by atoms with E-state index >= 15 is 0 Å². The maximum Gasteiger partial charge on any atom is 0.338 e. The van der Waals surface area contributed by atoms with E-state index < -0.39 is 24.3 Å². The van der Waals surface area contributed by atoms with Crippen LogP contribution in [0.5, 0.6) is 0 Å². The van der Waals surface area contributed by atoms with Crippen LogP contribution in [0.1, 0.15) is 28.8 Å². The molecule has 1 heterocycles. The Morgan fingerprint density at radius 2 is 1.92 bits per heavy atom. The van der Waals surface area contributed by atoms with Gasteiger partial charge in [0.2, 0.25) is 0 Å². The van der Waals surface area contributed by atoms with Gasteiger partial charge in [0.25, 0.3) is 5.91 Å². The molecule has 0 bridgehead atoms. The lowest BCUT2D eigenvalue weighted by Crippen LogP contribution is -2.22. The van der Waals surface area contributed by atoms with Crippen LogP contribution >= 0.6 is 0 Å². The Bertz CT molecular complexity index is 816. The number of anilines is 2. The van der Waals surface area contributed by atoms with E-state index in [9.17, 15) is 14.0 Å². The van der Waals surface area contributed by atoms with Gasteiger partial charge in [0, 0.05) is 24.5 Å². The van der Waals surface area contributed by atoms with Gasteiger partial charge >= 0.3 is 5.97 Å². The fraction of sp³-hybridized carbons (Fsp3) is 0.300. The number of nitrogens with zero attached hydrogens (tertiary/aromatic N) is 1. The summed E-state index contributed by atoms with van der Waals surface area (Å²) in [5.74, 6) is -1.70. The van der Waals surface area contributed by atoms with Crippen molar-refractivity contribution in [3.05, 3.63) is 59.4 Å². The highest BCUT2D eigenvalue weighted by Gasteiger charge is 2.15. The monoisotopic (exact) mass is 356 g/mol. The molecule has 1 saturated heterocycles. The number of esters is 1. The van der Waals surface area contributed by atoms with Gasteiger partial charge in [0.1, 0.15) is 5.82 Å².